The highest BCUT2D eigenvalue weighted by Crippen LogP contribution is 2.25. The lowest BCUT2D eigenvalue weighted by molar-refractivity contribution is 0.102. The van der Waals surface area contributed by atoms with Crippen LogP contribution >= 0.6 is 0 Å². The summed E-state index contributed by atoms with van der Waals surface area (Å²) in [6.07, 6.45) is 3.26. The number of amides is 1. The standard InChI is InChI=1S/C19H15N5O2/c25-18(20-13-9-8-11-4-3-5-12(11)10-13)16-17-19(26)21-14-6-1-2-7-15(14)24(17)23-22-16/h1-2,6-10H,3-5H2,(H,20,25)(H,21,26). The number of hydrogen-bond acceptors (Lipinski definition) is 4. The Hall–Kier alpha value is -3.48. The van der Waals surface area contributed by atoms with Crippen LogP contribution in [0.25, 0.3) is 16.6 Å². The van der Waals surface area contributed by atoms with E-state index in [-0.39, 0.29) is 11.2 Å². The molecule has 0 unspecified atom stereocenters. The summed E-state index contributed by atoms with van der Waals surface area (Å²) in [7, 11) is 0. The first-order valence-electron chi connectivity index (χ1n) is 8.50. The summed E-state index contributed by atoms with van der Waals surface area (Å²) >= 11 is 0. The second-order valence-electron chi connectivity index (χ2n) is 6.46. The third kappa shape index (κ3) is 2.21. The van der Waals surface area contributed by atoms with Gasteiger partial charge in [0, 0.05) is 5.69 Å². The van der Waals surface area contributed by atoms with E-state index in [1.54, 1.807) is 6.07 Å². The molecule has 2 heterocycles. The van der Waals surface area contributed by atoms with E-state index in [1.165, 1.54) is 15.6 Å². The molecule has 0 aliphatic heterocycles. The van der Waals surface area contributed by atoms with Crippen molar-refractivity contribution in [3.63, 3.8) is 0 Å². The van der Waals surface area contributed by atoms with Crippen LogP contribution < -0.4 is 10.9 Å². The zero-order valence-corrected chi connectivity index (χ0v) is 13.8. The average Bonchev–Trinajstić information content (AvgIpc) is 3.29. The molecule has 0 bridgehead atoms. The third-order valence-corrected chi connectivity index (χ3v) is 4.84. The van der Waals surface area contributed by atoms with Gasteiger partial charge in [-0.1, -0.05) is 23.4 Å². The molecule has 0 saturated carbocycles. The van der Waals surface area contributed by atoms with Gasteiger partial charge in [-0.15, -0.1) is 5.10 Å². The monoisotopic (exact) mass is 345 g/mol. The fraction of sp³-hybridized carbons (Fsp3) is 0.158. The van der Waals surface area contributed by atoms with Crippen LogP contribution in [0.1, 0.15) is 28.0 Å². The van der Waals surface area contributed by atoms with Crippen LogP contribution in [0.5, 0.6) is 0 Å². The molecule has 5 rings (SSSR count). The summed E-state index contributed by atoms with van der Waals surface area (Å²) in [4.78, 5) is 27.9. The Balaban J connectivity index is 1.57. The zero-order valence-electron chi connectivity index (χ0n) is 13.8. The van der Waals surface area contributed by atoms with Crippen molar-refractivity contribution in [2.75, 3.05) is 5.32 Å². The minimum Gasteiger partial charge on any atom is -0.321 e. The molecule has 1 amide bonds. The van der Waals surface area contributed by atoms with Gasteiger partial charge in [0.2, 0.25) is 0 Å². The van der Waals surface area contributed by atoms with E-state index < -0.39 is 11.5 Å². The van der Waals surface area contributed by atoms with Gasteiger partial charge in [0.15, 0.2) is 11.2 Å². The van der Waals surface area contributed by atoms with E-state index >= 15 is 0 Å². The average molecular weight is 345 g/mol. The first-order valence-corrected chi connectivity index (χ1v) is 8.50. The highest BCUT2D eigenvalue weighted by atomic mass is 16.2. The van der Waals surface area contributed by atoms with Gasteiger partial charge < -0.3 is 10.3 Å². The van der Waals surface area contributed by atoms with Crippen molar-refractivity contribution in [3.8, 4) is 0 Å². The number of anilines is 1. The number of benzene rings is 2. The Morgan fingerprint density at radius 2 is 1.96 bits per heavy atom. The largest absolute Gasteiger partial charge is 0.321 e. The molecule has 1 aliphatic rings. The van der Waals surface area contributed by atoms with Gasteiger partial charge in [-0.2, -0.15) is 0 Å². The van der Waals surface area contributed by atoms with E-state index in [4.69, 9.17) is 0 Å². The number of carbonyl (C=O) groups is 1. The molecule has 2 aromatic heterocycles. The maximum absolute atomic E-state index is 12.7. The number of para-hydroxylation sites is 2. The molecule has 0 radical (unpaired) electrons. The fourth-order valence-corrected chi connectivity index (χ4v) is 3.59. The number of aromatic amines is 1. The summed E-state index contributed by atoms with van der Waals surface area (Å²) in [6, 6.07) is 13.2. The number of H-pyrrole nitrogens is 1. The molecule has 7 nitrogen and oxygen atoms in total. The highest BCUT2D eigenvalue weighted by Gasteiger charge is 2.20. The van der Waals surface area contributed by atoms with Crippen molar-refractivity contribution in [1.29, 1.82) is 0 Å². The van der Waals surface area contributed by atoms with Crippen LogP contribution in [-0.4, -0.2) is 25.7 Å². The minimum absolute atomic E-state index is 0.0116. The second-order valence-corrected chi connectivity index (χ2v) is 6.46. The molecule has 2 N–H and O–H groups in total. The summed E-state index contributed by atoms with van der Waals surface area (Å²) in [5, 5.41) is 10.8. The Labute approximate surface area is 147 Å². The lowest BCUT2D eigenvalue weighted by Crippen LogP contribution is -2.18. The predicted octanol–water partition coefficient (Wildman–Crippen LogP) is 2.31. The number of rotatable bonds is 2. The van der Waals surface area contributed by atoms with E-state index in [0.717, 1.165) is 19.3 Å². The van der Waals surface area contributed by atoms with Crippen molar-refractivity contribution in [2.24, 2.45) is 0 Å². The summed E-state index contributed by atoms with van der Waals surface area (Å²) in [5.74, 6) is -0.446. The normalized spacial score (nSPS) is 13.2. The van der Waals surface area contributed by atoms with Gasteiger partial charge in [-0.05, 0) is 54.7 Å². The maximum atomic E-state index is 12.7. The number of nitrogens with one attached hydrogen (secondary N) is 2. The Morgan fingerprint density at radius 1 is 1.12 bits per heavy atom. The van der Waals surface area contributed by atoms with Crippen molar-refractivity contribution < 1.29 is 4.79 Å². The van der Waals surface area contributed by atoms with Crippen molar-refractivity contribution in [3.05, 3.63) is 69.6 Å². The first kappa shape index (κ1) is 14.8. The SMILES string of the molecule is O=C(Nc1ccc2c(c1)CCC2)c1nnn2c1c(=O)[nH]c1ccccc12. The summed E-state index contributed by atoms with van der Waals surface area (Å²) in [5.41, 5.74) is 4.38. The lowest BCUT2D eigenvalue weighted by Gasteiger charge is -2.06. The number of carbonyl (C=O) groups excluding carboxylic acids is 1. The van der Waals surface area contributed by atoms with Crippen LogP contribution in [0.15, 0.2) is 47.3 Å². The molecule has 2 aromatic carbocycles. The minimum atomic E-state index is -0.446. The van der Waals surface area contributed by atoms with Crippen molar-refractivity contribution in [2.45, 2.75) is 19.3 Å². The summed E-state index contributed by atoms with van der Waals surface area (Å²) in [6.45, 7) is 0. The van der Waals surface area contributed by atoms with Crippen LogP contribution in [0.3, 0.4) is 0 Å². The van der Waals surface area contributed by atoms with E-state index in [9.17, 15) is 9.59 Å². The lowest BCUT2D eigenvalue weighted by atomic mass is 10.1. The van der Waals surface area contributed by atoms with Gasteiger partial charge in [0.1, 0.15) is 0 Å². The van der Waals surface area contributed by atoms with Crippen LogP contribution in [0.2, 0.25) is 0 Å². The third-order valence-electron chi connectivity index (χ3n) is 4.84. The number of nitrogens with zero attached hydrogens (tertiary/aromatic N) is 3. The second kappa shape index (κ2) is 5.52. The van der Waals surface area contributed by atoms with Crippen molar-refractivity contribution in [1.82, 2.24) is 19.8 Å². The topological polar surface area (TPSA) is 92.2 Å². The van der Waals surface area contributed by atoms with E-state index in [0.29, 0.717) is 16.7 Å². The molecule has 0 spiro atoms. The number of hydrogen-bond donors (Lipinski definition) is 2. The zero-order chi connectivity index (χ0) is 17.7. The molecule has 0 fully saturated rings. The molecule has 4 aromatic rings. The van der Waals surface area contributed by atoms with Gasteiger partial charge >= 0.3 is 0 Å². The smallest absolute Gasteiger partial charge is 0.278 e. The first-order chi connectivity index (χ1) is 12.7. The quantitative estimate of drug-likeness (QED) is 0.583. The number of aromatic nitrogens is 4. The molecular formula is C19H15N5O2. The van der Waals surface area contributed by atoms with E-state index in [2.05, 4.69) is 20.6 Å². The molecule has 0 saturated heterocycles. The van der Waals surface area contributed by atoms with Gasteiger partial charge in [0.05, 0.1) is 11.0 Å². The summed E-state index contributed by atoms with van der Waals surface area (Å²) < 4.78 is 1.41. The van der Waals surface area contributed by atoms with Gasteiger partial charge in [-0.3, -0.25) is 9.59 Å². The Morgan fingerprint density at radius 3 is 2.88 bits per heavy atom. The molecule has 128 valence electrons. The van der Waals surface area contributed by atoms with Crippen LogP contribution in [0, 0.1) is 0 Å². The molecule has 1 aliphatic carbocycles. The number of fused-ring (bicyclic) bond motifs is 4. The molecule has 26 heavy (non-hydrogen) atoms. The van der Waals surface area contributed by atoms with Gasteiger partial charge in [0.25, 0.3) is 11.5 Å². The van der Waals surface area contributed by atoms with E-state index in [1.807, 2.05) is 36.4 Å². The van der Waals surface area contributed by atoms with Crippen LogP contribution in [-0.2, 0) is 12.8 Å². The molecular weight excluding hydrogens is 330 g/mol. The number of aryl methyl sites for hydroxylation is 2. The van der Waals surface area contributed by atoms with Gasteiger partial charge in [-0.25, -0.2) is 4.52 Å². The Kier molecular flexibility index (Phi) is 3.15. The fourth-order valence-electron chi connectivity index (χ4n) is 3.59. The predicted molar refractivity (Wildman–Crippen MR) is 97.5 cm³/mol. The van der Waals surface area contributed by atoms with Crippen molar-refractivity contribution >= 4 is 28.1 Å². The molecule has 7 heteroatoms. The Bertz CT molecular complexity index is 1240. The van der Waals surface area contributed by atoms with Crippen LogP contribution in [0.4, 0.5) is 5.69 Å². The molecule has 0 atom stereocenters. The highest BCUT2D eigenvalue weighted by molar-refractivity contribution is 6.07. The maximum Gasteiger partial charge on any atom is 0.278 e.